The van der Waals surface area contributed by atoms with Gasteiger partial charge in [0.25, 0.3) is 5.91 Å². The molecule has 3 aromatic rings. The number of morpholine rings is 1. The van der Waals surface area contributed by atoms with Crippen LogP contribution in [0.2, 0.25) is 0 Å². The van der Waals surface area contributed by atoms with Crippen LogP contribution in [0.1, 0.15) is 11.9 Å². The fourth-order valence-electron chi connectivity index (χ4n) is 4.08. The molecule has 1 amide bonds. The summed E-state index contributed by atoms with van der Waals surface area (Å²) >= 11 is 1.55. The van der Waals surface area contributed by atoms with Crippen molar-refractivity contribution in [3.05, 3.63) is 17.4 Å². The van der Waals surface area contributed by atoms with Gasteiger partial charge in [-0.15, -0.1) is 0 Å². The van der Waals surface area contributed by atoms with Gasteiger partial charge in [0.1, 0.15) is 21.5 Å². The molecule has 3 N–H and O–H groups in total. The van der Waals surface area contributed by atoms with Crippen LogP contribution in [-0.2, 0) is 16.1 Å². The zero-order chi connectivity index (χ0) is 23.7. The highest BCUT2D eigenvalue weighted by Crippen LogP contribution is 2.31. The zero-order valence-corrected chi connectivity index (χ0v) is 19.7. The number of ether oxygens (including phenoxy) is 1. The van der Waals surface area contributed by atoms with Gasteiger partial charge in [0.15, 0.2) is 11.6 Å². The van der Waals surface area contributed by atoms with Gasteiger partial charge in [-0.25, -0.2) is 24.9 Å². The van der Waals surface area contributed by atoms with E-state index < -0.39 is 6.10 Å². The summed E-state index contributed by atoms with van der Waals surface area (Å²) in [5.41, 5.74) is 7.12. The van der Waals surface area contributed by atoms with Crippen molar-refractivity contribution in [2.24, 2.45) is 0 Å². The number of piperazine rings is 1. The van der Waals surface area contributed by atoms with E-state index in [1.165, 1.54) is 6.92 Å². The van der Waals surface area contributed by atoms with Crippen molar-refractivity contribution in [3.8, 4) is 11.4 Å². The van der Waals surface area contributed by atoms with Crippen molar-refractivity contribution in [3.63, 3.8) is 0 Å². The molecule has 2 saturated heterocycles. The van der Waals surface area contributed by atoms with Crippen LogP contribution in [0.4, 0.5) is 11.8 Å². The van der Waals surface area contributed by atoms with E-state index in [4.69, 9.17) is 25.4 Å². The van der Waals surface area contributed by atoms with E-state index in [0.717, 1.165) is 47.4 Å². The predicted octanol–water partition coefficient (Wildman–Crippen LogP) is -0.0129. The van der Waals surface area contributed by atoms with Gasteiger partial charge >= 0.3 is 0 Å². The molecule has 1 atom stereocenters. The van der Waals surface area contributed by atoms with Gasteiger partial charge in [0.05, 0.1) is 25.3 Å². The molecule has 2 fully saturated rings. The monoisotopic (exact) mass is 485 g/mol. The number of amides is 1. The van der Waals surface area contributed by atoms with E-state index in [1.54, 1.807) is 28.6 Å². The molecule has 0 bridgehead atoms. The Morgan fingerprint density at radius 2 is 1.82 bits per heavy atom. The molecule has 0 radical (unpaired) electrons. The molecule has 180 valence electrons. The molecule has 34 heavy (non-hydrogen) atoms. The Kier molecular flexibility index (Phi) is 6.50. The van der Waals surface area contributed by atoms with Crippen LogP contribution in [0.25, 0.3) is 21.7 Å². The minimum Gasteiger partial charge on any atom is -0.384 e. The quantitative estimate of drug-likeness (QED) is 0.503. The van der Waals surface area contributed by atoms with E-state index in [0.29, 0.717) is 44.2 Å². The number of aliphatic hydroxyl groups excluding tert-OH is 1. The third-order valence-corrected chi connectivity index (χ3v) is 6.86. The largest absolute Gasteiger partial charge is 0.384 e. The van der Waals surface area contributed by atoms with Crippen molar-refractivity contribution in [2.45, 2.75) is 19.6 Å². The predicted molar refractivity (Wildman–Crippen MR) is 127 cm³/mol. The highest BCUT2D eigenvalue weighted by atomic mass is 32.1. The maximum absolute atomic E-state index is 12.0. The Balaban J connectivity index is 1.41. The Morgan fingerprint density at radius 1 is 1.12 bits per heavy atom. The number of hydrogen-bond donors (Lipinski definition) is 2. The fourth-order valence-corrected chi connectivity index (χ4v) is 5.05. The standard InChI is InChI=1S/C21H27N9O3S/c1-13(31)20(32)30-4-2-28(3-5-30)12-15-25-16-18(29-6-8-33-9-7-29)26-17(27-19(16)34-15)14-10-23-21(22)24-11-14/h10-11,13,31H,2-9,12H2,1H3,(H2,22,23,24)/t13-/m0/s1. The molecule has 5 rings (SSSR count). The van der Waals surface area contributed by atoms with Gasteiger partial charge in [0, 0.05) is 51.7 Å². The minimum atomic E-state index is -0.964. The molecule has 3 aromatic heterocycles. The highest BCUT2D eigenvalue weighted by Gasteiger charge is 2.26. The van der Waals surface area contributed by atoms with Crippen LogP contribution in [-0.4, -0.2) is 104 Å². The number of nitrogens with zero attached hydrogens (tertiary/aromatic N) is 8. The number of carbonyl (C=O) groups is 1. The molecule has 0 aliphatic carbocycles. The average molecular weight is 486 g/mol. The molecule has 0 aromatic carbocycles. The molecule has 13 heteroatoms. The van der Waals surface area contributed by atoms with Gasteiger partial charge in [-0.2, -0.15) is 0 Å². The van der Waals surface area contributed by atoms with Crippen molar-refractivity contribution in [2.75, 3.05) is 63.1 Å². The number of aliphatic hydroxyl groups is 1. The second-order valence-corrected chi connectivity index (χ2v) is 9.40. The van der Waals surface area contributed by atoms with E-state index in [1.807, 2.05) is 0 Å². The Bertz CT molecular complexity index is 1160. The van der Waals surface area contributed by atoms with Crippen LogP contribution >= 0.6 is 11.3 Å². The van der Waals surface area contributed by atoms with Crippen LogP contribution in [0.5, 0.6) is 0 Å². The lowest BCUT2D eigenvalue weighted by Crippen LogP contribution is -2.50. The van der Waals surface area contributed by atoms with Gasteiger partial charge in [-0.1, -0.05) is 11.3 Å². The first-order valence-electron chi connectivity index (χ1n) is 11.2. The molecule has 2 aliphatic rings. The van der Waals surface area contributed by atoms with Crippen molar-refractivity contribution >= 4 is 39.4 Å². The molecule has 0 spiro atoms. The van der Waals surface area contributed by atoms with Gasteiger partial charge in [-0.05, 0) is 6.92 Å². The Labute approximate surface area is 200 Å². The summed E-state index contributed by atoms with van der Waals surface area (Å²) in [4.78, 5) is 41.7. The first-order chi connectivity index (χ1) is 16.5. The number of aromatic nitrogens is 5. The summed E-state index contributed by atoms with van der Waals surface area (Å²) in [6, 6.07) is 0. The number of anilines is 2. The highest BCUT2D eigenvalue weighted by molar-refractivity contribution is 7.18. The molecule has 0 unspecified atom stereocenters. The maximum atomic E-state index is 12.0. The fraction of sp³-hybridized carbons (Fsp3) is 0.524. The summed E-state index contributed by atoms with van der Waals surface area (Å²) in [7, 11) is 0. The molecule has 5 heterocycles. The van der Waals surface area contributed by atoms with Crippen molar-refractivity contribution in [1.29, 1.82) is 0 Å². The third kappa shape index (κ3) is 4.78. The number of rotatable bonds is 5. The maximum Gasteiger partial charge on any atom is 0.251 e. The molecule has 2 aliphatic heterocycles. The number of fused-ring (bicyclic) bond motifs is 1. The van der Waals surface area contributed by atoms with Crippen LogP contribution in [0.3, 0.4) is 0 Å². The summed E-state index contributed by atoms with van der Waals surface area (Å²) in [5, 5.41) is 10.5. The lowest BCUT2D eigenvalue weighted by Gasteiger charge is -2.34. The van der Waals surface area contributed by atoms with Crippen molar-refractivity contribution in [1.82, 2.24) is 34.7 Å². The SMILES string of the molecule is C[C@H](O)C(=O)N1CCN(Cc2nc3c(N4CCOCC4)nc(-c4cnc(N)nc4)nc3s2)CC1. The second-order valence-electron chi connectivity index (χ2n) is 8.34. The van der Waals surface area contributed by atoms with Gasteiger partial charge in [0.2, 0.25) is 5.95 Å². The number of nitrogen functional groups attached to an aromatic ring is 1. The summed E-state index contributed by atoms with van der Waals surface area (Å²) in [6.07, 6.45) is 2.29. The van der Waals surface area contributed by atoms with E-state index in [9.17, 15) is 9.90 Å². The van der Waals surface area contributed by atoms with Crippen LogP contribution in [0.15, 0.2) is 12.4 Å². The van der Waals surface area contributed by atoms with Gasteiger partial charge < -0.3 is 25.4 Å². The van der Waals surface area contributed by atoms with Gasteiger partial charge in [-0.3, -0.25) is 9.69 Å². The lowest BCUT2D eigenvalue weighted by molar-refractivity contribution is -0.141. The van der Waals surface area contributed by atoms with Crippen molar-refractivity contribution < 1.29 is 14.6 Å². The van der Waals surface area contributed by atoms with E-state index in [2.05, 4.69) is 19.8 Å². The number of hydrogen-bond acceptors (Lipinski definition) is 12. The molecular formula is C21H27N9O3S. The Hall–Kier alpha value is -3.00. The second kappa shape index (κ2) is 9.70. The lowest BCUT2D eigenvalue weighted by atomic mass is 10.2. The van der Waals surface area contributed by atoms with Crippen LogP contribution in [0, 0.1) is 0 Å². The third-order valence-electron chi connectivity index (χ3n) is 5.93. The van der Waals surface area contributed by atoms with E-state index in [-0.39, 0.29) is 11.9 Å². The summed E-state index contributed by atoms with van der Waals surface area (Å²) in [6.45, 7) is 7.55. The normalized spacial score (nSPS) is 18.4. The molecular weight excluding hydrogens is 458 g/mol. The van der Waals surface area contributed by atoms with E-state index >= 15 is 0 Å². The summed E-state index contributed by atoms with van der Waals surface area (Å²) in [5.74, 6) is 1.31. The first kappa shape index (κ1) is 22.8. The average Bonchev–Trinajstić information content (AvgIpc) is 3.26. The van der Waals surface area contributed by atoms with Crippen LogP contribution < -0.4 is 10.6 Å². The smallest absolute Gasteiger partial charge is 0.251 e. The molecule has 12 nitrogen and oxygen atoms in total. The first-order valence-corrected chi connectivity index (χ1v) is 12.1. The number of thiazole rings is 1. The topological polar surface area (TPSA) is 147 Å². The Morgan fingerprint density at radius 3 is 2.50 bits per heavy atom. The molecule has 0 saturated carbocycles. The number of nitrogens with two attached hydrogens (primary N) is 1. The zero-order valence-electron chi connectivity index (χ0n) is 18.9. The minimum absolute atomic E-state index is 0.202. The summed E-state index contributed by atoms with van der Waals surface area (Å²) < 4.78 is 5.52. The number of carbonyl (C=O) groups excluding carboxylic acids is 1.